The number of aliphatic imine (C=N–C) groups is 1. The minimum absolute atomic E-state index is 0.690. The van der Waals surface area contributed by atoms with Crippen molar-refractivity contribution >= 4 is 5.84 Å². The lowest BCUT2D eigenvalue weighted by Gasteiger charge is -2.47. The molecular formula is C14H22N2. The van der Waals surface area contributed by atoms with Gasteiger partial charge in [0.15, 0.2) is 0 Å². The van der Waals surface area contributed by atoms with Crippen LogP contribution in [0.3, 0.4) is 0 Å². The molecule has 0 unspecified atom stereocenters. The first-order chi connectivity index (χ1) is 7.86. The van der Waals surface area contributed by atoms with Crippen LogP contribution in [0.5, 0.6) is 0 Å². The highest BCUT2D eigenvalue weighted by Gasteiger charge is 2.37. The summed E-state index contributed by atoms with van der Waals surface area (Å²) in [5.74, 6) is 8.08. The minimum atomic E-state index is 0.690. The molecule has 3 aliphatic rings. The van der Waals surface area contributed by atoms with Gasteiger partial charge in [-0.15, -0.1) is 5.92 Å². The van der Waals surface area contributed by atoms with E-state index < -0.39 is 0 Å². The Morgan fingerprint density at radius 3 is 2.69 bits per heavy atom. The highest BCUT2D eigenvalue weighted by Crippen LogP contribution is 2.36. The molecule has 3 fully saturated rings. The molecule has 3 rings (SSSR count). The maximum absolute atomic E-state index is 4.72. The SMILES string of the molecule is CC#CC/N=C1/C2CCC(CC2)N1CCC. The number of hydrogen-bond donors (Lipinski definition) is 0. The first-order valence-corrected chi connectivity index (χ1v) is 6.57. The van der Waals surface area contributed by atoms with E-state index in [9.17, 15) is 0 Å². The van der Waals surface area contributed by atoms with E-state index in [0.29, 0.717) is 6.54 Å². The Kier molecular flexibility index (Phi) is 3.88. The number of rotatable bonds is 3. The summed E-state index contributed by atoms with van der Waals surface area (Å²) in [6.45, 7) is 6.01. The van der Waals surface area contributed by atoms with Crippen molar-refractivity contribution in [2.45, 2.75) is 52.0 Å². The van der Waals surface area contributed by atoms with E-state index >= 15 is 0 Å². The maximum atomic E-state index is 4.72. The molecule has 0 aromatic rings. The van der Waals surface area contributed by atoms with Gasteiger partial charge < -0.3 is 4.90 Å². The lowest BCUT2D eigenvalue weighted by molar-refractivity contribution is 0.169. The van der Waals surface area contributed by atoms with Crippen LogP contribution in [0.25, 0.3) is 0 Å². The Bertz CT molecular complexity index is 313. The molecular weight excluding hydrogens is 196 g/mol. The normalized spacial score (nSPS) is 30.4. The smallest absolute Gasteiger partial charge is 0.103 e. The Morgan fingerprint density at radius 1 is 1.31 bits per heavy atom. The van der Waals surface area contributed by atoms with Gasteiger partial charge in [0.05, 0.1) is 0 Å². The highest BCUT2D eigenvalue weighted by atomic mass is 15.2. The molecule has 0 N–H and O–H groups in total. The molecule has 2 heterocycles. The Hall–Kier alpha value is -0.970. The summed E-state index contributed by atoms with van der Waals surface area (Å²) in [6, 6.07) is 0.776. The van der Waals surface area contributed by atoms with Gasteiger partial charge in [-0.2, -0.15) is 0 Å². The van der Waals surface area contributed by atoms with E-state index in [0.717, 1.165) is 12.0 Å². The number of hydrogen-bond acceptors (Lipinski definition) is 1. The van der Waals surface area contributed by atoms with Gasteiger partial charge in [-0.1, -0.05) is 12.8 Å². The predicted molar refractivity (Wildman–Crippen MR) is 68.5 cm³/mol. The highest BCUT2D eigenvalue weighted by molar-refractivity contribution is 5.86. The molecule has 2 nitrogen and oxygen atoms in total. The van der Waals surface area contributed by atoms with Gasteiger partial charge in [-0.05, 0) is 39.0 Å². The molecule has 2 bridgehead atoms. The summed E-state index contributed by atoms with van der Waals surface area (Å²) in [7, 11) is 0. The van der Waals surface area contributed by atoms with Crippen LogP contribution >= 0.6 is 0 Å². The van der Waals surface area contributed by atoms with Crippen molar-refractivity contribution in [3.8, 4) is 11.8 Å². The van der Waals surface area contributed by atoms with Crippen LogP contribution in [0.2, 0.25) is 0 Å². The molecule has 0 radical (unpaired) electrons. The van der Waals surface area contributed by atoms with E-state index in [1.165, 1.54) is 44.5 Å². The third-order valence-electron chi connectivity index (χ3n) is 3.76. The molecule has 16 heavy (non-hydrogen) atoms. The molecule has 2 heteroatoms. The van der Waals surface area contributed by atoms with Gasteiger partial charge in [-0.25, -0.2) is 0 Å². The summed E-state index contributed by atoms with van der Waals surface area (Å²) in [6.07, 6.45) is 6.68. The number of amidine groups is 1. The largest absolute Gasteiger partial charge is 0.357 e. The molecule has 2 saturated heterocycles. The maximum Gasteiger partial charge on any atom is 0.103 e. The van der Waals surface area contributed by atoms with Crippen molar-refractivity contribution in [3.05, 3.63) is 0 Å². The summed E-state index contributed by atoms with van der Waals surface area (Å²) in [5.41, 5.74) is 0. The van der Waals surface area contributed by atoms with Crippen molar-refractivity contribution in [2.24, 2.45) is 10.9 Å². The number of fused-ring (bicyclic) bond motifs is 3. The Balaban J connectivity index is 2.11. The summed E-state index contributed by atoms with van der Waals surface area (Å²) in [5, 5.41) is 0. The Labute approximate surface area is 99.1 Å². The van der Waals surface area contributed by atoms with Crippen LogP contribution in [0.1, 0.15) is 46.0 Å². The summed E-state index contributed by atoms with van der Waals surface area (Å²) >= 11 is 0. The van der Waals surface area contributed by atoms with Crippen molar-refractivity contribution in [1.29, 1.82) is 0 Å². The zero-order valence-corrected chi connectivity index (χ0v) is 10.5. The summed E-state index contributed by atoms with van der Waals surface area (Å²) in [4.78, 5) is 7.29. The molecule has 0 amide bonds. The molecule has 0 aromatic heterocycles. The minimum Gasteiger partial charge on any atom is -0.357 e. The van der Waals surface area contributed by atoms with Gasteiger partial charge in [0, 0.05) is 18.5 Å². The van der Waals surface area contributed by atoms with E-state index in [4.69, 9.17) is 4.99 Å². The second-order valence-electron chi connectivity index (χ2n) is 4.80. The monoisotopic (exact) mass is 218 g/mol. The topological polar surface area (TPSA) is 15.6 Å². The fourth-order valence-electron chi connectivity index (χ4n) is 3.02. The van der Waals surface area contributed by atoms with Crippen molar-refractivity contribution in [3.63, 3.8) is 0 Å². The quantitative estimate of drug-likeness (QED) is 0.665. The summed E-state index contributed by atoms with van der Waals surface area (Å²) < 4.78 is 0. The average molecular weight is 218 g/mol. The van der Waals surface area contributed by atoms with Gasteiger partial charge >= 0.3 is 0 Å². The molecule has 88 valence electrons. The van der Waals surface area contributed by atoms with E-state index in [2.05, 4.69) is 23.7 Å². The Morgan fingerprint density at radius 2 is 2.06 bits per heavy atom. The second kappa shape index (κ2) is 5.39. The van der Waals surface area contributed by atoms with Crippen LogP contribution < -0.4 is 0 Å². The molecule has 2 aliphatic heterocycles. The first-order valence-electron chi connectivity index (χ1n) is 6.57. The number of piperidine rings is 2. The fraction of sp³-hybridized carbons (Fsp3) is 0.786. The average Bonchev–Trinajstić information content (AvgIpc) is 2.33. The lowest BCUT2D eigenvalue weighted by Crippen LogP contribution is -2.52. The number of nitrogens with zero attached hydrogens (tertiary/aromatic N) is 2. The van der Waals surface area contributed by atoms with Gasteiger partial charge in [-0.3, -0.25) is 4.99 Å². The van der Waals surface area contributed by atoms with Gasteiger partial charge in [0.25, 0.3) is 0 Å². The fourth-order valence-corrected chi connectivity index (χ4v) is 3.02. The zero-order valence-electron chi connectivity index (χ0n) is 10.5. The molecule has 1 saturated carbocycles. The van der Waals surface area contributed by atoms with Crippen LogP contribution in [0, 0.1) is 17.8 Å². The lowest BCUT2D eigenvalue weighted by atomic mass is 9.79. The van der Waals surface area contributed by atoms with Gasteiger partial charge in [0.2, 0.25) is 0 Å². The molecule has 1 aliphatic carbocycles. The third-order valence-corrected chi connectivity index (χ3v) is 3.76. The van der Waals surface area contributed by atoms with Crippen LogP contribution in [0.15, 0.2) is 4.99 Å². The van der Waals surface area contributed by atoms with Crippen LogP contribution in [-0.2, 0) is 0 Å². The predicted octanol–water partition coefficient (Wildman–Crippen LogP) is 2.69. The van der Waals surface area contributed by atoms with Crippen molar-refractivity contribution in [2.75, 3.05) is 13.1 Å². The van der Waals surface area contributed by atoms with E-state index in [-0.39, 0.29) is 0 Å². The van der Waals surface area contributed by atoms with E-state index in [1.807, 2.05) is 6.92 Å². The van der Waals surface area contributed by atoms with E-state index in [1.54, 1.807) is 0 Å². The second-order valence-corrected chi connectivity index (χ2v) is 4.80. The molecule has 0 spiro atoms. The standard InChI is InChI=1S/C14H22N2/c1-3-5-10-15-14-12-6-8-13(9-7-12)16(14)11-4-2/h12-13H,4,6-11H2,1-2H3/b15-14-. The first kappa shape index (κ1) is 11.5. The zero-order chi connectivity index (χ0) is 11.4. The van der Waals surface area contributed by atoms with Gasteiger partial charge in [0.1, 0.15) is 12.4 Å². The van der Waals surface area contributed by atoms with Crippen LogP contribution in [-0.4, -0.2) is 29.9 Å². The third kappa shape index (κ3) is 2.24. The van der Waals surface area contributed by atoms with Crippen molar-refractivity contribution in [1.82, 2.24) is 4.90 Å². The molecule has 0 aromatic carbocycles. The van der Waals surface area contributed by atoms with Crippen LogP contribution in [0.4, 0.5) is 0 Å². The molecule has 0 atom stereocenters. The van der Waals surface area contributed by atoms with Crippen molar-refractivity contribution < 1.29 is 0 Å².